The van der Waals surface area contributed by atoms with Crippen molar-refractivity contribution in [2.24, 2.45) is 5.92 Å². The van der Waals surface area contributed by atoms with E-state index in [0.29, 0.717) is 18.2 Å². The molecule has 1 heterocycles. The Morgan fingerprint density at radius 1 is 1.40 bits per heavy atom. The van der Waals surface area contributed by atoms with Crippen LogP contribution < -0.4 is 4.90 Å². The van der Waals surface area contributed by atoms with Gasteiger partial charge in [-0.15, -0.1) is 0 Å². The Morgan fingerprint density at radius 3 is 2.80 bits per heavy atom. The number of likely N-dealkylation sites (tertiary alicyclic amines) is 1. The largest absolute Gasteiger partial charge is 0.378 e. The molecule has 1 amide bonds. The van der Waals surface area contributed by atoms with Crippen LogP contribution in [0, 0.1) is 5.92 Å². The number of rotatable bonds is 4. The van der Waals surface area contributed by atoms with Gasteiger partial charge in [-0.3, -0.25) is 4.79 Å². The molecule has 1 atom stereocenters. The van der Waals surface area contributed by atoms with Crippen molar-refractivity contribution < 1.29 is 4.79 Å². The molecule has 3 nitrogen and oxygen atoms in total. The molecular formula is C17H26N2O. The summed E-state index contributed by atoms with van der Waals surface area (Å²) in [5, 5.41) is 0. The van der Waals surface area contributed by atoms with Crippen LogP contribution in [0.15, 0.2) is 24.3 Å². The minimum absolute atomic E-state index is 0.265. The first kappa shape index (κ1) is 14.9. The average molecular weight is 274 g/mol. The van der Waals surface area contributed by atoms with E-state index in [1.807, 2.05) is 0 Å². The molecule has 0 radical (unpaired) electrons. The van der Waals surface area contributed by atoms with Crippen LogP contribution in [0.4, 0.5) is 5.69 Å². The van der Waals surface area contributed by atoms with Gasteiger partial charge in [0.2, 0.25) is 5.91 Å². The van der Waals surface area contributed by atoms with Crippen LogP contribution in [0.1, 0.15) is 44.7 Å². The third-order valence-corrected chi connectivity index (χ3v) is 3.93. The van der Waals surface area contributed by atoms with Gasteiger partial charge in [-0.2, -0.15) is 0 Å². The summed E-state index contributed by atoms with van der Waals surface area (Å²) in [4.78, 5) is 16.6. The van der Waals surface area contributed by atoms with Gasteiger partial charge in [0.25, 0.3) is 0 Å². The lowest BCUT2D eigenvalue weighted by Crippen LogP contribution is -2.31. The third-order valence-electron chi connectivity index (χ3n) is 3.93. The smallest absolute Gasteiger partial charge is 0.223 e. The lowest BCUT2D eigenvalue weighted by molar-refractivity contribution is -0.132. The molecule has 0 unspecified atom stereocenters. The van der Waals surface area contributed by atoms with Crippen LogP contribution in [-0.4, -0.2) is 31.4 Å². The minimum atomic E-state index is 0.265. The molecule has 0 aliphatic carbocycles. The quantitative estimate of drug-likeness (QED) is 0.839. The summed E-state index contributed by atoms with van der Waals surface area (Å²) in [6.45, 7) is 5.12. The molecule has 1 saturated heterocycles. The molecule has 0 aromatic heterocycles. The first-order valence-electron chi connectivity index (χ1n) is 7.55. The van der Waals surface area contributed by atoms with Crippen LogP contribution >= 0.6 is 0 Å². The summed E-state index contributed by atoms with van der Waals surface area (Å²) in [6, 6.07) is 8.83. The number of amides is 1. The SMILES string of the molecule is CC(C)CC(=O)N1CCC[C@@H]1c1cccc(N(C)C)c1. The first-order valence-corrected chi connectivity index (χ1v) is 7.55. The number of anilines is 1. The highest BCUT2D eigenvalue weighted by atomic mass is 16.2. The topological polar surface area (TPSA) is 23.6 Å². The molecule has 0 N–H and O–H groups in total. The van der Waals surface area contributed by atoms with Gasteiger partial charge in [0.15, 0.2) is 0 Å². The van der Waals surface area contributed by atoms with Gasteiger partial charge in [0.1, 0.15) is 0 Å². The fourth-order valence-electron chi connectivity index (χ4n) is 2.89. The maximum absolute atomic E-state index is 12.4. The number of carbonyl (C=O) groups is 1. The molecule has 1 aliphatic heterocycles. The fourth-order valence-corrected chi connectivity index (χ4v) is 2.89. The van der Waals surface area contributed by atoms with Gasteiger partial charge in [-0.25, -0.2) is 0 Å². The van der Waals surface area contributed by atoms with E-state index in [2.05, 4.69) is 62.0 Å². The minimum Gasteiger partial charge on any atom is -0.378 e. The van der Waals surface area contributed by atoms with Crippen LogP contribution in [0.25, 0.3) is 0 Å². The molecule has 3 heteroatoms. The normalized spacial score (nSPS) is 18.6. The van der Waals surface area contributed by atoms with E-state index in [1.165, 1.54) is 11.3 Å². The van der Waals surface area contributed by atoms with Crippen molar-refractivity contribution in [3.8, 4) is 0 Å². The monoisotopic (exact) mass is 274 g/mol. The summed E-state index contributed by atoms with van der Waals surface area (Å²) in [6.07, 6.45) is 2.85. The Morgan fingerprint density at radius 2 is 2.15 bits per heavy atom. The summed E-state index contributed by atoms with van der Waals surface area (Å²) in [5.41, 5.74) is 2.47. The fraction of sp³-hybridized carbons (Fsp3) is 0.588. The zero-order valence-electron chi connectivity index (χ0n) is 13.1. The maximum Gasteiger partial charge on any atom is 0.223 e. The molecule has 1 fully saturated rings. The predicted octanol–water partition coefficient (Wildman–Crippen LogP) is 3.46. The van der Waals surface area contributed by atoms with Crippen molar-refractivity contribution >= 4 is 11.6 Å². The lowest BCUT2D eigenvalue weighted by Gasteiger charge is -2.27. The summed E-state index contributed by atoms with van der Waals surface area (Å²) in [7, 11) is 4.10. The standard InChI is InChI=1S/C17H26N2O/c1-13(2)11-17(20)19-10-6-9-16(19)14-7-5-8-15(12-14)18(3)4/h5,7-8,12-13,16H,6,9-11H2,1-4H3/t16-/m1/s1. The second-order valence-electron chi connectivity index (χ2n) is 6.33. The van der Waals surface area contributed by atoms with Gasteiger partial charge in [0.05, 0.1) is 6.04 Å². The van der Waals surface area contributed by atoms with E-state index < -0.39 is 0 Å². The van der Waals surface area contributed by atoms with Crippen molar-refractivity contribution in [1.82, 2.24) is 4.90 Å². The highest BCUT2D eigenvalue weighted by Gasteiger charge is 2.30. The summed E-state index contributed by atoms with van der Waals surface area (Å²) >= 11 is 0. The zero-order valence-corrected chi connectivity index (χ0v) is 13.1. The van der Waals surface area contributed by atoms with Crippen molar-refractivity contribution in [2.45, 2.75) is 39.2 Å². The molecule has 110 valence electrons. The molecular weight excluding hydrogens is 248 g/mol. The number of nitrogens with zero attached hydrogens (tertiary/aromatic N) is 2. The third kappa shape index (κ3) is 3.33. The Balaban J connectivity index is 2.18. The summed E-state index contributed by atoms with van der Waals surface area (Å²) < 4.78 is 0. The molecule has 1 aromatic rings. The molecule has 1 aliphatic rings. The molecule has 2 rings (SSSR count). The van der Waals surface area contributed by atoms with E-state index in [0.717, 1.165) is 19.4 Å². The van der Waals surface area contributed by atoms with Crippen molar-refractivity contribution in [1.29, 1.82) is 0 Å². The van der Waals surface area contributed by atoms with E-state index in [-0.39, 0.29) is 6.04 Å². The van der Waals surface area contributed by atoms with E-state index in [4.69, 9.17) is 0 Å². The van der Waals surface area contributed by atoms with Crippen LogP contribution in [0.5, 0.6) is 0 Å². The second-order valence-corrected chi connectivity index (χ2v) is 6.33. The molecule has 1 aromatic carbocycles. The lowest BCUT2D eigenvalue weighted by atomic mass is 10.0. The van der Waals surface area contributed by atoms with Crippen molar-refractivity contribution in [2.75, 3.05) is 25.5 Å². The number of hydrogen-bond donors (Lipinski definition) is 0. The Labute approximate surface area is 122 Å². The van der Waals surface area contributed by atoms with E-state index >= 15 is 0 Å². The maximum atomic E-state index is 12.4. The second kappa shape index (κ2) is 6.29. The molecule has 0 bridgehead atoms. The molecule has 0 saturated carbocycles. The zero-order chi connectivity index (χ0) is 14.7. The highest BCUT2D eigenvalue weighted by Crippen LogP contribution is 2.34. The Kier molecular flexibility index (Phi) is 4.69. The van der Waals surface area contributed by atoms with Crippen LogP contribution in [0.2, 0.25) is 0 Å². The van der Waals surface area contributed by atoms with Crippen molar-refractivity contribution in [3.05, 3.63) is 29.8 Å². The van der Waals surface area contributed by atoms with Crippen molar-refractivity contribution in [3.63, 3.8) is 0 Å². The Hall–Kier alpha value is -1.51. The van der Waals surface area contributed by atoms with Gasteiger partial charge in [-0.05, 0) is 36.5 Å². The van der Waals surface area contributed by atoms with Crippen LogP contribution in [0.3, 0.4) is 0 Å². The van der Waals surface area contributed by atoms with Gasteiger partial charge >= 0.3 is 0 Å². The predicted molar refractivity (Wildman–Crippen MR) is 83.9 cm³/mol. The Bertz CT molecular complexity index is 468. The van der Waals surface area contributed by atoms with Gasteiger partial charge in [-0.1, -0.05) is 26.0 Å². The molecule has 0 spiro atoms. The number of hydrogen-bond acceptors (Lipinski definition) is 2. The number of carbonyl (C=O) groups excluding carboxylic acids is 1. The average Bonchev–Trinajstić information content (AvgIpc) is 2.87. The number of benzene rings is 1. The highest BCUT2D eigenvalue weighted by molar-refractivity contribution is 5.77. The van der Waals surface area contributed by atoms with E-state index in [1.54, 1.807) is 0 Å². The van der Waals surface area contributed by atoms with Gasteiger partial charge < -0.3 is 9.80 Å². The van der Waals surface area contributed by atoms with Crippen LogP contribution in [-0.2, 0) is 4.79 Å². The van der Waals surface area contributed by atoms with E-state index in [9.17, 15) is 4.79 Å². The van der Waals surface area contributed by atoms with Gasteiger partial charge in [0, 0.05) is 32.7 Å². The molecule has 20 heavy (non-hydrogen) atoms. The first-order chi connectivity index (χ1) is 9.49. The summed E-state index contributed by atoms with van der Waals surface area (Å²) in [5.74, 6) is 0.731.